The van der Waals surface area contributed by atoms with Gasteiger partial charge >= 0.3 is 0 Å². The van der Waals surface area contributed by atoms with Crippen LogP contribution in [0.2, 0.25) is 0 Å². The number of aliphatic hydroxyl groups is 1. The summed E-state index contributed by atoms with van der Waals surface area (Å²) < 4.78 is 5.12. The number of aliphatic hydroxyl groups excluding tert-OH is 1. The van der Waals surface area contributed by atoms with Gasteiger partial charge in [-0.3, -0.25) is 4.90 Å². The molecule has 1 rings (SSSR count). The summed E-state index contributed by atoms with van der Waals surface area (Å²) in [7, 11) is 1.73. The van der Waals surface area contributed by atoms with E-state index in [0.29, 0.717) is 6.04 Å². The van der Waals surface area contributed by atoms with Crippen LogP contribution in [0.1, 0.15) is 26.2 Å². The van der Waals surface area contributed by atoms with Gasteiger partial charge in [0.2, 0.25) is 0 Å². The summed E-state index contributed by atoms with van der Waals surface area (Å²) in [6.45, 7) is 6.98. The fourth-order valence-corrected chi connectivity index (χ4v) is 2.77. The third-order valence-corrected chi connectivity index (χ3v) is 3.65. The van der Waals surface area contributed by atoms with E-state index in [0.717, 1.165) is 38.7 Å². The Kier molecular flexibility index (Phi) is 7.77. The maximum atomic E-state index is 9.08. The molecule has 0 radical (unpaired) electrons. The molecule has 0 aromatic rings. The number of nitrogens with zero attached hydrogens (tertiary/aromatic N) is 1. The minimum Gasteiger partial charge on any atom is -0.395 e. The van der Waals surface area contributed by atoms with Gasteiger partial charge in [0.25, 0.3) is 0 Å². The molecule has 2 unspecified atom stereocenters. The maximum absolute atomic E-state index is 9.08. The zero-order valence-electron chi connectivity index (χ0n) is 11.3. The van der Waals surface area contributed by atoms with E-state index in [1.807, 2.05) is 0 Å². The maximum Gasteiger partial charge on any atom is 0.0589 e. The van der Waals surface area contributed by atoms with Gasteiger partial charge in [-0.2, -0.15) is 0 Å². The Hall–Kier alpha value is -0.160. The van der Waals surface area contributed by atoms with E-state index in [9.17, 15) is 0 Å². The molecule has 1 fully saturated rings. The summed E-state index contributed by atoms with van der Waals surface area (Å²) in [5.41, 5.74) is 0. The number of hydrogen-bond donors (Lipinski definition) is 2. The van der Waals surface area contributed by atoms with E-state index in [1.54, 1.807) is 7.11 Å². The molecule has 4 heteroatoms. The van der Waals surface area contributed by atoms with Crippen LogP contribution in [-0.4, -0.2) is 62.6 Å². The zero-order valence-corrected chi connectivity index (χ0v) is 11.3. The second-order valence-corrected chi connectivity index (χ2v) is 4.87. The molecule has 1 aliphatic carbocycles. The van der Waals surface area contributed by atoms with Crippen LogP contribution in [0.5, 0.6) is 0 Å². The van der Waals surface area contributed by atoms with Gasteiger partial charge in [0, 0.05) is 32.8 Å². The van der Waals surface area contributed by atoms with Gasteiger partial charge in [0.1, 0.15) is 0 Å². The molecule has 0 saturated heterocycles. The van der Waals surface area contributed by atoms with Gasteiger partial charge in [-0.15, -0.1) is 0 Å². The number of ether oxygens (including phenoxy) is 1. The summed E-state index contributed by atoms with van der Waals surface area (Å²) in [4.78, 5) is 2.32. The summed E-state index contributed by atoms with van der Waals surface area (Å²) >= 11 is 0. The highest BCUT2D eigenvalue weighted by molar-refractivity contribution is 4.84. The molecule has 0 aromatic heterocycles. The predicted molar refractivity (Wildman–Crippen MR) is 70.2 cm³/mol. The number of rotatable bonds is 9. The lowest BCUT2D eigenvalue weighted by Gasteiger charge is -2.28. The predicted octanol–water partition coefficient (Wildman–Crippen LogP) is 0.705. The topological polar surface area (TPSA) is 44.7 Å². The lowest BCUT2D eigenvalue weighted by atomic mass is 10.0. The van der Waals surface area contributed by atoms with E-state index in [-0.39, 0.29) is 6.61 Å². The number of nitrogens with one attached hydrogen (secondary N) is 1. The molecule has 4 nitrogen and oxygen atoms in total. The van der Waals surface area contributed by atoms with Crippen molar-refractivity contribution in [3.05, 3.63) is 0 Å². The SMILES string of the molecule is CCNC1CCCC1CN(CCO)CCOC. The monoisotopic (exact) mass is 244 g/mol. The molecule has 0 aliphatic heterocycles. The fourth-order valence-electron chi connectivity index (χ4n) is 2.77. The summed E-state index contributed by atoms with van der Waals surface area (Å²) in [5, 5.41) is 12.7. The Morgan fingerprint density at radius 2 is 2.18 bits per heavy atom. The first kappa shape index (κ1) is 14.9. The third-order valence-electron chi connectivity index (χ3n) is 3.65. The first-order valence-electron chi connectivity index (χ1n) is 6.87. The van der Waals surface area contributed by atoms with Crippen LogP contribution in [0.15, 0.2) is 0 Å². The molecule has 1 saturated carbocycles. The molecule has 102 valence electrons. The van der Waals surface area contributed by atoms with Gasteiger partial charge < -0.3 is 15.2 Å². The summed E-state index contributed by atoms with van der Waals surface area (Å²) in [6, 6.07) is 0.670. The van der Waals surface area contributed by atoms with Crippen LogP contribution in [0.4, 0.5) is 0 Å². The Balaban J connectivity index is 2.35. The minimum absolute atomic E-state index is 0.238. The minimum atomic E-state index is 0.238. The quantitative estimate of drug-likeness (QED) is 0.627. The second-order valence-electron chi connectivity index (χ2n) is 4.87. The van der Waals surface area contributed by atoms with Crippen LogP contribution >= 0.6 is 0 Å². The van der Waals surface area contributed by atoms with Crippen molar-refractivity contribution in [3.8, 4) is 0 Å². The smallest absolute Gasteiger partial charge is 0.0589 e. The van der Waals surface area contributed by atoms with Crippen LogP contribution in [0.3, 0.4) is 0 Å². The molecular formula is C13H28N2O2. The molecule has 17 heavy (non-hydrogen) atoms. The normalized spacial score (nSPS) is 24.7. The molecule has 0 amide bonds. The summed E-state index contributed by atoms with van der Waals surface area (Å²) in [6.07, 6.45) is 3.95. The lowest BCUT2D eigenvalue weighted by Crippen LogP contribution is -2.41. The third kappa shape index (κ3) is 5.34. The van der Waals surface area contributed by atoms with Crippen LogP contribution < -0.4 is 5.32 Å². The Bertz CT molecular complexity index is 190. The Morgan fingerprint density at radius 1 is 1.35 bits per heavy atom. The van der Waals surface area contributed by atoms with Gasteiger partial charge in [0.05, 0.1) is 13.2 Å². The fraction of sp³-hybridized carbons (Fsp3) is 1.00. The average Bonchev–Trinajstić information content (AvgIpc) is 2.74. The zero-order chi connectivity index (χ0) is 12.5. The van der Waals surface area contributed by atoms with Gasteiger partial charge in [-0.1, -0.05) is 13.3 Å². The van der Waals surface area contributed by atoms with E-state index >= 15 is 0 Å². The first-order chi connectivity index (χ1) is 8.31. The highest BCUT2D eigenvalue weighted by Gasteiger charge is 2.27. The Morgan fingerprint density at radius 3 is 2.82 bits per heavy atom. The summed E-state index contributed by atoms with van der Waals surface area (Å²) in [5.74, 6) is 0.735. The molecule has 1 aliphatic rings. The van der Waals surface area contributed by atoms with E-state index in [2.05, 4.69) is 17.1 Å². The largest absolute Gasteiger partial charge is 0.395 e. The van der Waals surface area contributed by atoms with Gasteiger partial charge in [0.15, 0.2) is 0 Å². The molecule has 0 spiro atoms. The number of methoxy groups -OCH3 is 1. The van der Waals surface area contributed by atoms with E-state index in [4.69, 9.17) is 9.84 Å². The van der Waals surface area contributed by atoms with Gasteiger partial charge in [-0.25, -0.2) is 0 Å². The molecular weight excluding hydrogens is 216 g/mol. The van der Waals surface area contributed by atoms with Crippen molar-refractivity contribution in [2.45, 2.75) is 32.2 Å². The molecule has 0 bridgehead atoms. The first-order valence-corrected chi connectivity index (χ1v) is 6.87. The van der Waals surface area contributed by atoms with E-state index < -0.39 is 0 Å². The molecule has 2 N–H and O–H groups in total. The lowest BCUT2D eigenvalue weighted by molar-refractivity contribution is 0.116. The van der Waals surface area contributed by atoms with Crippen molar-refractivity contribution in [2.75, 3.05) is 46.5 Å². The van der Waals surface area contributed by atoms with E-state index in [1.165, 1.54) is 19.3 Å². The highest BCUT2D eigenvalue weighted by Crippen LogP contribution is 2.26. The molecule has 0 heterocycles. The molecule has 0 aromatic carbocycles. The van der Waals surface area contributed by atoms with Crippen molar-refractivity contribution in [1.82, 2.24) is 10.2 Å². The second kappa shape index (κ2) is 8.86. The highest BCUT2D eigenvalue weighted by atomic mass is 16.5. The van der Waals surface area contributed by atoms with Crippen molar-refractivity contribution >= 4 is 0 Å². The van der Waals surface area contributed by atoms with Crippen LogP contribution in [-0.2, 0) is 4.74 Å². The van der Waals surface area contributed by atoms with Crippen molar-refractivity contribution in [2.24, 2.45) is 5.92 Å². The van der Waals surface area contributed by atoms with Crippen molar-refractivity contribution < 1.29 is 9.84 Å². The molecule has 2 atom stereocenters. The number of hydrogen-bond acceptors (Lipinski definition) is 4. The van der Waals surface area contributed by atoms with Crippen LogP contribution in [0.25, 0.3) is 0 Å². The van der Waals surface area contributed by atoms with Crippen molar-refractivity contribution in [3.63, 3.8) is 0 Å². The Labute approximate surface area is 105 Å². The van der Waals surface area contributed by atoms with Gasteiger partial charge in [-0.05, 0) is 25.3 Å². The van der Waals surface area contributed by atoms with Crippen molar-refractivity contribution in [1.29, 1.82) is 0 Å². The standard InChI is InChI=1S/C13H28N2O2/c1-3-14-13-6-4-5-12(13)11-15(7-9-16)8-10-17-2/h12-14,16H,3-11H2,1-2H3. The van der Waals surface area contributed by atoms with Crippen LogP contribution in [0, 0.1) is 5.92 Å². The average molecular weight is 244 g/mol.